The molecule has 0 aromatic heterocycles. The van der Waals surface area contributed by atoms with Crippen molar-refractivity contribution >= 4 is 35.4 Å². The Kier molecular flexibility index (Phi) is 5.43. The van der Waals surface area contributed by atoms with Crippen molar-refractivity contribution in [2.24, 2.45) is 0 Å². The molecule has 2 aromatic carbocycles. The summed E-state index contributed by atoms with van der Waals surface area (Å²) in [5, 5.41) is 14.2. The van der Waals surface area contributed by atoms with Gasteiger partial charge in [-0.3, -0.25) is 4.79 Å². The van der Waals surface area contributed by atoms with Gasteiger partial charge in [0, 0.05) is 10.6 Å². The largest absolute Gasteiger partial charge is 0.478 e. The minimum absolute atomic E-state index is 0.0818. The molecule has 134 valence electrons. The molecule has 1 heterocycles. The molecule has 26 heavy (non-hydrogen) atoms. The zero-order valence-corrected chi connectivity index (χ0v) is 14.4. The molecule has 0 aliphatic carbocycles. The number of anilines is 1. The number of aromatic carboxylic acids is 1. The minimum Gasteiger partial charge on any atom is -0.478 e. The van der Waals surface area contributed by atoms with Gasteiger partial charge in [0.2, 0.25) is 5.91 Å². The van der Waals surface area contributed by atoms with Crippen molar-refractivity contribution in [1.29, 1.82) is 0 Å². The zero-order valence-electron chi connectivity index (χ0n) is 13.6. The molecule has 8 heteroatoms. The fourth-order valence-electron chi connectivity index (χ4n) is 2.37. The van der Waals surface area contributed by atoms with Crippen LogP contribution in [0.1, 0.15) is 15.9 Å². The van der Waals surface area contributed by atoms with Crippen LogP contribution in [-0.2, 0) is 16.1 Å². The van der Waals surface area contributed by atoms with Crippen LogP contribution in [0.15, 0.2) is 53.4 Å². The molecule has 1 aliphatic rings. The molecule has 0 spiro atoms. The molecule has 2 amide bonds. The van der Waals surface area contributed by atoms with Gasteiger partial charge in [-0.15, -0.1) is 11.8 Å². The second-order valence-corrected chi connectivity index (χ2v) is 6.64. The quantitative estimate of drug-likeness (QED) is 0.762. The summed E-state index contributed by atoms with van der Waals surface area (Å²) < 4.78 is 5.13. The van der Waals surface area contributed by atoms with Gasteiger partial charge in [0.25, 0.3) is 0 Å². The van der Waals surface area contributed by atoms with Crippen LogP contribution < -0.4 is 10.6 Å². The van der Waals surface area contributed by atoms with E-state index >= 15 is 0 Å². The first-order valence-corrected chi connectivity index (χ1v) is 8.80. The van der Waals surface area contributed by atoms with E-state index in [0.717, 1.165) is 10.5 Å². The lowest BCUT2D eigenvalue weighted by Crippen LogP contribution is -2.45. The summed E-state index contributed by atoms with van der Waals surface area (Å²) in [6, 6.07) is 12.9. The number of rotatable bonds is 4. The smallest absolute Gasteiger partial charge is 0.408 e. The Morgan fingerprint density at radius 1 is 1.23 bits per heavy atom. The number of carbonyl (C=O) groups excluding carboxylic acids is 2. The van der Waals surface area contributed by atoms with Crippen molar-refractivity contribution in [1.82, 2.24) is 5.32 Å². The highest BCUT2D eigenvalue weighted by Gasteiger charge is 2.26. The van der Waals surface area contributed by atoms with Gasteiger partial charge >= 0.3 is 12.1 Å². The van der Waals surface area contributed by atoms with E-state index in [1.807, 2.05) is 30.3 Å². The fourth-order valence-corrected chi connectivity index (χ4v) is 3.38. The fraction of sp³-hybridized carbons (Fsp3) is 0.167. The van der Waals surface area contributed by atoms with Crippen LogP contribution in [0, 0.1) is 0 Å². The number of amides is 2. The third kappa shape index (κ3) is 4.34. The molecular weight excluding hydrogens is 356 g/mol. The van der Waals surface area contributed by atoms with Gasteiger partial charge in [0.15, 0.2) is 0 Å². The van der Waals surface area contributed by atoms with E-state index in [-0.39, 0.29) is 12.2 Å². The van der Waals surface area contributed by atoms with E-state index < -0.39 is 24.0 Å². The molecule has 0 radical (unpaired) electrons. The molecule has 0 bridgehead atoms. The van der Waals surface area contributed by atoms with Gasteiger partial charge < -0.3 is 20.5 Å². The maximum absolute atomic E-state index is 12.3. The van der Waals surface area contributed by atoms with Crippen molar-refractivity contribution in [3.05, 3.63) is 59.7 Å². The number of hydrogen-bond donors (Lipinski definition) is 3. The third-order valence-electron chi connectivity index (χ3n) is 3.71. The molecule has 0 saturated heterocycles. The SMILES string of the molecule is O=C(N[C@H]1CSc2ccc(C(=O)O)cc2NC1=O)OCc1ccccc1. The number of carboxylic acids is 1. The molecule has 3 N–H and O–H groups in total. The van der Waals surface area contributed by atoms with Gasteiger partial charge in [-0.2, -0.15) is 0 Å². The molecule has 0 fully saturated rings. The molecule has 0 unspecified atom stereocenters. The highest BCUT2D eigenvalue weighted by atomic mass is 32.2. The predicted molar refractivity (Wildman–Crippen MR) is 96.3 cm³/mol. The van der Waals surface area contributed by atoms with Crippen LogP contribution in [0.2, 0.25) is 0 Å². The Morgan fingerprint density at radius 3 is 2.73 bits per heavy atom. The van der Waals surface area contributed by atoms with E-state index in [4.69, 9.17) is 9.84 Å². The van der Waals surface area contributed by atoms with E-state index in [1.165, 1.54) is 23.9 Å². The average molecular weight is 372 g/mol. The Balaban J connectivity index is 1.60. The van der Waals surface area contributed by atoms with Gasteiger partial charge in [0.1, 0.15) is 12.6 Å². The standard InChI is InChI=1S/C18H16N2O5S/c21-16-14(20-18(24)25-9-11-4-2-1-3-5-11)10-26-15-7-6-12(17(22)23)8-13(15)19-16/h1-8,14H,9-10H2,(H,19,21)(H,20,24)(H,22,23)/t14-/m0/s1. The second-order valence-electron chi connectivity index (χ2n) is 5.58. The van der Waals surface area contributed by atoms with Gasteiger partial charge in [-0.25, -0.2) is 9.59 Å². The lowest BCUT2D eigenvalue weighted by atomic mass is 10.2. The topological polar surface area (TPSA) is 105 Å². The number of thioether (sulfide) groups is 1. The van der Waals surface area contributed by atoms with E-state index in [2.05, 4.69) is 10.6 Å². The second kappa shape index (κ2) is 7.92. The van der Waals surface area contributed by atoms with Crippen molar-refractivity contribution in [2.75, 3.05) is 11.1 Å². The number of benzene rings is 2. The number of hydrogen-bond acceptors (Lipinski definition) is 5. The Morgan fingerprint density at radius 2 is 2.00 bits per heavy atom. The Bertz CT molecular complexity index is 841. The van der Waals surface area contributed by atoms with Crippen molar-refractivity contribution in [2.45, 2.75) is 17.5 Å². The molecule has 7 nitrogen and oxygen atoms in total. The highest BCUT2D eigenvalue weighted by molar-refractivity contribution is 7.99. The normalized spacial score (nSPS) is 16.0. The van der Waals surface area contributed by atoms with Gasteiger partial charge in [-0.1, -0.05) is 30.3 Å². The van der Waals surface area contributed by atoms with Gasteiger partial charge in [-0.05, 0) is 23.8 Å². The molecule has 2 aromatic rings. The van der Waals surface area contributed by atoms with Crippen molar-refractivity contribution in [3.8, 4) is 0 Å². The first-order chi connectivity index (χ1) is 12.5. The minimum atomic E-state index is -1.07. The van der Waals surface area contributed by atoms with Crippen LogP contribution in [0.4, 0.5) is 10.5 Å². The van der Waals surface area contributed by atoms with E-state index in [1.54, 1.807) is 6.07 Å². The molecule has 1 atom stereocenters. The Hall–Kier alpha value is -3.00. The number of fused-ring (bicyclic) bond motifs is 1. The first kappa shape index (κ1) is 17.8. The number of ether oxygens (including phenoxy) is 1. The van der Waals surface area contributed by atoms with Crippen LogP contribution in [-0.4, -0.2) is 34.9 Å². The Labute approximate surface area is 153 Å². The number of nitrogens with one attached hydrogen (secondary N) is 2. The molecule has 3 rings (SSSR count). The maximum atomic E-state index is 12.3. The summed E-state index contributed by atoms with van der Waals surface area (Å²) in [7, 11) is 0. The summed E-state index contributed by atoms with van der Waals surface area (Å²) in [4.78, 5) is 36.1. The average Bonchev–Trinajstić information content (AvgIpc) is 2.79. The summed E-state index contributed by atoms with van der Waals surface area (Å²) >= 11 is 1.35. The molecule has 0 saturated carbocycles. The van der Waals surface area contributed by atoms with Crippen LogP contribution in [0.25, 0.3) is 0 Å². The van der Waals surface area contributed by atoms with E-state index in [9.17, 15) is 14.4 Å². The van der Waals surface area contributed by atoms with Gasteiger partial charge in [0.05, 0.1) is 11.3 Å². The summed E-state index contributed by atoms with van der Waals surface area (Å²) in [6.07, 6.45) is -0.688. The zero-order chi connectivity index (χ0) is 18.5. The number of carboxylic acid groups (broad SMARTS) is 1. The highest BCUT2D eigenvalue weighted by Crippen LogP contribution is 2.31. The number of carbonyl (C=O) groups is 3. The van der Waals surface area contributed by atoms with Crippen molar-refractivity contribution < 1.29 is 24.2 Å². The summed E-state index contributed by atoms with van der Waals surface area (Å²) in [6.45, 7) is 0.107. The summed E-state index contributed by atoms with van der Waals surface area (Å²) in [5.74, 6) is -1.18. The van der Waals surface area contributed by atoms with Crippen LogP contribution in [0.3, 0.4) is 0 Å². The van der Waals surface area contributed by atoms with Crippen LogP contribution >= 0.6 is 11.8 Å². The first-order valence-electron chi connectivity index (χ1n) is 7.81. The van der Waals surface area contributed by atoms with Crippen LogP contribution in [0.5, 0.6) is 0 Å². The predicted octanol–water partition coefficient (Wildman–Crippen LogP) is 2.72. The monoisotopic (exact) mass is 372 g/mol. The van der Waals surface area contributed by atoms with E-state index in [0.29, 0.717) is 11.4 Å². The summed E-state index contributed by atoms with van der Waals surface area (Å²) in [5.41, 5.74) is 1.34. The molecular formula is C18H16N2O5S. The third-order valence-corrected chi connectivity index (χ3v) is 4.88. The number of alkyl carbamates (subject to hydrolysis) is 1. The molecule has 1 aliphatic heterocycles. The lowest BCUT2D eigenvalue weighted by Gasteiger charge is -2.14. The lowest BCUT2D eigenvalue weighted by molar-refractivity contribution is -0.117. The maximum Gasteiger partial charge on any atom is 0.408 e. The van der Waals surface area contributed by atoms with Crippen molar-refractivity contribution in [3.63, 3.8) is 0 Å².